The molecule has 2 heteroatoms. The lowest BCUT2D eigenvalue weighted by molar-refractivity contribution is -0.161. The van der Waals surface area contributed by atoms with Crippen LogP contribution in [0.2, 0.25) is 0 Å². The second-order valence-electron chi connectivity index (χ2n) is 13.6. The van der Waals surface area contributed by atoms with Gasteiger partial charge >= 0.3 is 0 Å². The quantitative estimate of drug-likeness (QED) is 0.513. The van der Waals surface area contributed by atoms with Gasteiger partial charge in [0.25, 0.3) is 0 Å². The molecule has 0 saturated heterocycles. The van der Waals surface area contributed by atoms with Gasteiger partial charge in [0, 0.05) is 12.5 Å². The Hall–Kier alpha value is -0.0800. The minimum atomic E-state index is -0.509. The van der Waals surface area contributed by atoms with Crippen molar-refractivity contribution in [3.63, 3.8) is 0 Å². The molecule has 2 nitrogen and oxygen atoms in total. The van der Waals surface area contributed by atoms with Crippen LogP contribution in [0, 0.1) is 51.8 Å². The molecule has 172 valence electrons. The van der Waals surface area contributed by atoms with Gasteiger partial charge in [0.15, 0.2) is 0 Å². The predicted octanol–water partition coefficient (Wildman–Crippen LogP) is 6.85. The number of hydrogen-bond donors (Lipinski definition) is 1. The molecule has 0 bridgehead atoms. The van der Waals surface area contributed by atoms with Gasteiger partial charge in [0.05, 0.1) is 11.7 Å². The molecule has 0 unspecified atom stereocenters. The van der Waals surface area contributed by atoms with Crippen LogP contribution >= 0.6 is 0 Å². The third-order valence-corrected chi connectivity index (χ3v) is 12.0. The summed E-state index contributed by atoms with van der Waals surface area (Å²) >= 11 is 0. The molecular weight excluding hydrogens is 368 g/mol. The normalized spacial score (nSPS) is 52.9. The highest BCUT2D eigenvalue weighted by atomic mass is 16.5. The second-order valence-corrected chi connectivity index (χ2v) is 13.6. The molecule has 1 N–H and O–H groups in total. The molecule has 0 aromatic heterocycles. The second kappa shape index (κ2) is 6.96. The van der Waals surface area contributed by atoms with Gasteiger partial charge in [-0.2, -0.15) is 0 Å². The standard InChI is InChI=1S/C28H48O2/c1-18(8-7-13-25(2,3)29)21-9-10-22-20-16-24(30-6)28-17-19(28)11-15-27(28,5)23(20)12-14-26(21,22)4/h18-24,29H,7-17H2,1-6H3/t18-,19+,20+,21-,22+,23+,24-,26-,27-,28+/m1/s1. The van der Waals surface area contributed by atoms with Crippen molar-refractivity contribution in [1.29, 1.82) is 0 Å². The topological polar surface area (TPSA) is 29.5 Å². The molecule has 5 aliphatic carbocycles. The summed E-state index contributed by atoms with van der Waals surface area (Å²) < 4.78 is 6.28. The lowest BCUT2D eigenvalue weighted by atomic mass is 9.45. The first kappa shape index (κ1) is 21.7. The average molecular weight is 417 g/mol. The summed E-state index contributed by atoms with van der Waals surface area (Å²) in [5.41, 5.74) is 1.14. The van der Waals surface area contributed by atoms with Gasteiger partial charge in [-0.15, -0.1) is 0 Å². The number of ether oxygens (including phenoxy) is 1. The van der Waals surface area contributed by atoms with Gasteiger partial charge in [-0.3, -0.25) is 0 Å². The first-order valence-electron chi connectivity index (χ1n) is 13.3. The maximum atomic E-state index is 10.1. The lowest BCUT2D eigenvalue weighted by Crippen LogP contribution is -2.57. The number of rotatable bonds is 6. The Morgan fingerprint density at radius 1 is 1.07 bits per heavy atom. The summed E-state index contributed by atoms with van der Waals surface area (Å²) in [6.07, 6.45) is 15.5. The van der Waals surface area contributed by atoms with E-state index in [1.54, 1.807) is 0 Å². The summed E-state index contributed by atoms with van der Waals surface area (Å²) in [6.45, 7) is 11.8. The summed E-state index contributed by atoms with van der Waals surface area (Å²) in [6, 6.07) is 0. The van der Waals surface area contributed by atoms with Crippen LogP contribution in [0.4, 0.5) is 0 Å². The smallest absolute Gasteiger partial charge is 0.0638 e. The molecule has 0 aromatic rings. The Bertz CT molecular complexity index is 666. The van der Waals surface area contributed by atoms with Crippen molar-refractivity contribution in [2.45, 2.75) is 117 Å². The van der Waals surface area contributed by atoms with Crippen molar-refractivity contribution < 1.29 is 9.84 Å². The van der Waals surface area contributed by atoms with Gasteiger partial charge < -0.3 is 9.84 Å². The summed E-state index contributed by atoms with van der Waals surface area (Å²) in [7, 11) is 2.01. The van der Waals surface area contributed by atoms with E-state index in [4.69, 9.17) is 4.74 Å². The molecule has 0 radical (unpaired) electrons. The Morgan fingerprint density at radius 2 is 1.83 bits per heavy atom. The molecule has 5 rings (SSSR count). The van der Waals surface area contributed by atoms with Gasteiger partial charge in [-0.1, -0.05) is 33.6 Å². The van der Waals surface area contributed by atoms with Gasteiger partial charge in [0.1, 0.15) is 0 Å². The summed E-state index contributed by atoms with van der Waals surface area (Å²) in [5.74, 6) is 5.43. The van der Waals surface area contributed by atoms with E-state index >= 15 is 0 Å². The van der Waals surface area contributed by atoms with E-state index in [0.29, 0.717) is 22.3 Å². The van der Waals surface area contributed by atoms with Crippen LogP contribution in [0.15, 0.2) is 0 Å². The minimum Gasteiger partial charge on any atom is -0.390 e. The van der Waals surface area contributed by atoms with E-state index < -0.39 is 5.60 Å². The van der Waals surface area contributed by atoms with Crippen LogP contribution in [0.3, 0.4) is 0 Å². The number of methoxy groups -OCH3 is 1. The Morgan fingerprint density at radius 3 is 2.50 bits per heavy atom. The van der Waals surface area contributed by atoms with Crippen LogP contribution < -0.4 is 0 Å². The molecule has 30 heavy (non-hydrogen) atoms. The fourth-order valence-electron chi connectivity index (χ4n) is 10.6. The minimum absolute atomic E-state index is 0.509. The zero-order valence-corrected chi connectivity index (χ0v) is 20.7. The third kappa shape index (κ3) is 2.87. The molecular formula is C28H48O2. The first-order chi connectivity index (χ1) is 14.1. The molecule has 5 saturated carbocycles. The van der Waals surface area contributed by atoms with Gasteiger partial charge in [-0.05, 0) is 118 Å². The highest BCUT2D eigenvalue weighted by Crippen LogP contribution is 2.82. The Kier molecular flexibility index (Phi) is 5.04. The Labute approximate surface area is 185 Å². The predicted molar refractivity (Wildman–Crippen MR) is 123 cm³/mol. The maximum Gasteiger partial charge on any atom is 0.0638 e. The molecule has 5 fully saturated rings. The molecule has 0 aromatic carbocycles. The van der Waals surface area contributed by atoms with Crippen molar-refractivity contribution in [2.75, 3.05) is 7.11 Å². The average Bonchev–Trinajstić information content (AvgIpc) is 3.17. The van der Waals surface area contributed by atoms with Crippen molar-refractivity contribution in [1.82, 2.24) is 0 Å². The van der Waals surface area contributed by atoms with E-state index in [-0.39, 0.29) is 0 Å². The van der Waals surface area contributed by atoms with Crippen LogP contribution in [0.5, 0.6) is 0 Å². The van der Waals surface area contributed by atoms with E-state index in [0.717, 1.165) is 41.9 Å². The molecule has 0 aliphatic heterocycles. The third-order valence-electron chi connectivity index (χ3n) is 12.0. The zero-order chi connectivity index (χ0) is 21.5. The number of fused-ring (bicyclic) bond motifs is 4. The van der Waals surface area contributed by atoms with Crippen molar-refractivity contribution >= 4 is 0 Å². The van der Waals surface area contributed by atoms with Gasteiger partial charge in [-0.25, -0.2) is 0 Å². The fourth-order valence-corrected chi connectivity index (χ4v) is 10.6. The molecule has 5 aliphatic rings. The molecule has 0 amide bonds. The maximum absolute atomic E-state index is 10.1. The van der Waals surface area contributed by atoms with E-state index in [9.17, 15) is 5.11 Å². The van der Waals surface area contributed by atoms with Crippen molar-refractivity contribution in [3.05, 3.63) is 0 Å². The summed E-state index contributed by atoms with van der Waals surface area (Å²) in [5, 5.41) is 10.1. The molecule has 1 spiro atoms. The highest BCUT2D eigenvalue weighted by Gasteiger charge is 2.77. The number of hydrogen-bond acceptors (Lipinski definition) is 2. The van der Waals surface area contributed by atoms with Crippen LogP contribution in [0.1, 0.15) is 105 Å². The lowest BCUT2D eigenvalue weighted by Gasteiger charge is -2.61. The van der Waals surface area contributed by atoms with Crippen LogP contribution in [0.25, 0.3) is 0 Å². The van der Waals surface area contributed by atoms with E-state index in [1.807, 2.05) is 21.0 Å². The zero-order valence-electron chi connectivity index (χ0n) is 20.7. The molecule has 10 atom stereocenters. The molecule has 0 heterocycles. The van der Waals surface area contributed by atoms with Crippen LogP contribution in [-0.4, -0.2) is 23.9 Å². The SMILES string of the molecule is CO[C@@H]1C[C@H]2[C@@H]3CC[C@H]([C@H](C)CCCC(C)(C)O)[C@@]3(C)CC[C@@H]2[C@@]2(C)CC[C@H]3C[C@]312. The first-order valence-corrected chi connectivity index (χ1v) is 13.3. The van der Waals surface area contributed by atoms with Crippen LogP contribution in [-0.2, 0) is 4.74 Å². The van der Waals surface area contributed by atoms with Crippen molar-refractivity contribution in [3.8, 4) is 0 Å². The monoisotopic (exact) mass is 416 g/mol. The summed E-state index contributed by atoms with van der Waals surface area (Å²) in [4.78, 5) is 0. The van der Waals surface area contributed by atoms with Crippen molar-refractivity contribution in [2.24, 2.45) is 51.8 Å². The highest BCUT2D eigenvalue weighted by molar-refractivity contribution is 5.26. The van der Waals surface area contributed by atoms with Gasteiger partial charge in [0.2, 0.25) is 0 Å². The fraction of sp³-hybridized carbons (Fsp3) is 1.00. The Balaban J connectivity index is 1.33. The number of aliphatic hydroxyl groups is 1. The van der Waals surface area contributed by atoms with E-state index in [2.05, 4.69) is 20.8 Å². The van der Waals surface area contributed by atoms with E-state index in [1.165, 1.54) is 64.2 Å². The largest absolute Gasteiger partial charge is 0.390 e.